The molecule has 3 aliphatic rings. The molecule has 3 rings (SSSR count). The molecule has 3 fully saturated rings. The van der Waals surface area contributed by atoms with Crippen LogP contribution in [0.2, 0.25) is 0 Å². The Kier molecular flexibility index (Phi) is 3.45. The lowest BCUT2D eigenvalue weighted by Gasteiger charge is -2.37. The van der Waals surface area contributed by atoms with E-state index >= 15 is 0 Å². The molecule has 0 amide bonds. The maximum Gasteiger partial charge on any atom is 0.0235 e. The minimum atomic E-state index is 0.816. The second-order valence-corrected chi connectivity index (χ2v) is 6.99. The summed E-state index contributed by atoms with van der Waals surface area (Å²) >= 11 is 0. The van der Waals surface area contributed by atoms with Crippen LogP contribution in [0.1, 0.15) is 46.0 Å². The van der Waals surface area contributed by atoms with Gasteiger partial charge in [0.05, 0.1) is 0 Å². The van der Waals surface area contributed by atoms with Crippen molar-refractivity contribution < 1.29 is 0 Å². The van der Waals surface area contributed by atoms with Crippen molar-refractivity contribution in [3.05, 3.63) is 0 Å². The van der Waals surface area contributed by atoms with Gasteiger partial charge >= 0.3 is 0 Å². The highest BCUT2D eigenvalue weighted by molar-refractivity contribution is 4.95. The van der Waals surface area contributed by atoms with Gasteiger partial charge in [-0.15, -0.1) is 0 Å². The minimum Gasteiger partial charge on any atom is -0.312 e. The molecular weight excluding hydrogens is 208 g/mol. The van der Waals surface area contributed by atoms with E-state index in [0.29, 0.717) is 0 Å². The molecule has 2 aliphatic heterocycles. The van der Waals surface area contributed by atoms with Crippen LogP contribution in [0.25, 0.3) is 0 Å². The molecule has 2 heteroatoms. The molecular formula is C15H28N2. The number of nitrogens with zero attached hydrogens (tertiary/aromatic N) is 1. The van der Waals surface area contributed by atoms with Crippen LogP contribution in [-0.4, -0.2) is 36.6 Å². The Bertz CT molecular complexity index is 242. The predicted octanol–water partition coefficient (Wildman–Crippen LogP) is 2.49. The molecule has 4 atom stereocenters. The second kappa shape index (κ2) is 4.89. The smallest absolute Gasteiger partial charge is 0.0235 e. The lowest BCUT2D eigenvalue weighted by molar-refractivity contribution is 0.128. The first-order chi connectivity index (χ1) is 8.22. The molecule has 0 spiro atoms. The van der Waals surface area contributed by atoms with E-state index in [1.54, 1.807) is 0 Å². The van der Waals surface area contributed by atoms with Gasteiger partial charge in [0, 0.05) is 25.2 Å². The highest BCUT2D eigenvalue weighted by Gasteiger charge is 2.38. The molecule has 0 radical (unpaired) electrons. The monoisotopic (exact) mass is 236 g/mol. The Labute approximate surface area is 106 Å². The van der Waals surface area contributed by atoms with Crippen LogP contribution in [0, 0.1) is 17.8 Å². The molecule has 2 heterocycles. The predicted molar refractivity (Wildman–Crippen MR) is 72.1 cm³/mol. The van der Waals surface area contributed by atoms with Crippen LogP contribution in [0.3, 0.4) is 0 Å². The van der Waals surface area contributed by atoms with Crippen LogP contribution >= 0.6 is 0 Å². The highest BCUT2D eigenvalue weighted by Crippen LogP contribution is 2.35. The van der Waals surface area contributed by atoms with Gasteiger partial charge in [-0.25, -0.2) is 0 Å². The van der Waals surface area contributed by atoms with Crippen LogP contribution in [0.4, 0.5) is 0 Å². The Hall–Kier alpha value is -0.0800. The van der Waals surface area contributed by atoms with Gasteiger partial charge < -0.3 is 5.32 Å². The summed E-state index contributed by atoms with van der Waals surface area (Å²) in [6.07, 6.45) is 7.21. The first kappa shape index (κ1) is 12.0. The van der Waals surface area contributed by atoms with Gasteiger partial charge in [-0.1, -0.05) is 13.8 Å². The van der Waals surface area contributed by atoms with E-state index in [4.69, 9.17) is 0 Å². The molecule has 1 aliphatic carbocycles. The summed E-state index contributed by atoms with van der Waals surface area (Å²) in [4.78, 5) is 2.82. The fourth-order valence-corrected chi connectivity index (χ4v) is 4.58. The van der Waals surface area contributed by atoms with E-state index in [2.05, 4.69) is 24.1 Å². The van der Waals surface area contributed by atoms with Crippen molar-refractivity contribution in [3.8, 4) is 0 Å². The van der Waals surface area contributed by atoms with Gasteiger partial charge in [-0.05, 0) is 56.4 Å². The average molecular weight is 236 g/mol. The van der Waals surface area contributed by atoms with Crippen molar-refractivity contribution in [1.29, 1.82) is 0 Å². The van der Waals surface area contributed by atoms with Crippen LogP contribution < -0.4 is 5.32 Å². The first-order valence-corrected chi connectivity index (χ1v) is 7.70. The van der Waals surface area contributed by atoms with Crippen molar-refractivity contribution in [2.24, 2.45) is 17.8 Å². The summed E-state index contributed by atoms with van der Waals surface area (Å²) in [5.41, 5.74) is 0. The van der Waals surface area contributed by atoms with Crippen molar-refractivity contribution in [2.45, 2.75) is 58.0 Å². The lowest BCUT2D eigenvalue weighted by atomic mass is 9.80. The standard InChI is InChI=1S/C15H28N2/c1-11-6-12(2)8-14(7-11)17-9-13-4-3-5-16-15(13)10-17/h11-16H,3-10H2,1-2H3/t11?,12?,13-,14?,15+/m0/s1. The molecule has 17 heavy (non-hydrogen) atoms. The summed E-state index contributed by atoms with van der Waals surface area (Å²) in [6.45, 7) is 8.86. The molecule has 2 nitrogen and oxygen atoms in total. The molecule has 0 aromatic carbocycles. The fraction of sp³-hybridized carbons (Fsp3) is 1.00. The van der Waals surface area contributed by atoms with Crippen molar-refractivity contribution >= 4 is 0 Å². The largest absolute Gasteiger partial charge is 0.312 e. The molecule has 2 saturated heterocycles. The van der Waals surface area contributed by atoms with Crippen molar-refractivity contribution in [1.82, 2.24) is 10.2 Å². The minimum absolute atomic E-state index is 0.816. The molecule has 0 aromatic heterocycles. The molecule has 2 unspecified atom stereocenters. The van der Waals surface area contributed by atoms with E-state index < -0.39 is 0 Å². The van der Waals surface area contributed by atoms with Crippen molar-refractivity contribution in [2.75, 3.05) is 19.6 Å². The third kappa shape index (κ3) is 2.53. The SMILES string of the molecule is CC1CC(C)CC(N2C[C@@H]3CCCN[C@@H]3C2)C1. The normalized spacial score (nSPS) is 48.0. The third-order valence-corrected chi connectivity index (χ3v) is 5.30. The van der Waals surface area contributed by atoms with E-state index in [1.165, 1.54) is 51.7 Å². The number of hydrogen-bond acceptors (Lipinski definition) is 2. The number of piperidine rings is 1. The number of fused-ring (bicyclic) bond motifs is 1. The zero-order chi connectivity index (χ0) is 11.8. The van der Waals surface area contributed by atoms with Gasteiger partial charge in [0.15, 0.2) is 0 Å². The Balaban J connectivity index is 1.61. The van der Waals surface area contributed by atoms with Gasteiger partial charge in [0.25, 0.3) is 0 Å². The van der Waals surface area contributed by atoms with E-state index in [0.717, 1.165) is 29.8 Å². The molecule has 1 saturated carbocycles. The van der Waals surface area contributed by atoms with Gasteiger partial charge in [-0.3, -0.25) is 4.90 Å². The topological polar surface area (TPSA) is 15.3 Å². The van der Waals surface area contributed by atoms with Crippen molar-refractivity contribution in [3.63, 3.8) is 0 Å². The van der Waals surface area contributed by atoms with E-state index in [9.17, 15) is 0 Å². The third-order valence-electron chi connectivity index (χ3n) is 5.30. The molecule has 0 aromatic rings. The Morgan fingerprint density at radius 3 is 2.47 bits per heavy atom. The van der Waals surface area contributed by atoms with Gasteiger partial charge in [0.1, 0.15) is 0 Å². The zero-order valence-corrected chi connectivity index (χ0v) is 11.5. The first-order valence-electron chi connectivity index (χ1n) is 7.70. The molecule has 0 bridgehead atoms. The van der Waals surface area contributed by atoms with Crippen LogP contribution in [0.5, 0.6) is 0 Å². The maximum atomic E-state index is 3.73. The quantitative estimate of drug-likeness (QED) is 0.752. The summed E-state index contributed by atoms with van der Waals surface area (Å²) < 4.78 is 0. The van der Waals surface area contributed by atoms with E-state index in [1.807, 2.05) is 0 Å². The number of nitrogens with one attached hydrogen (secondary N) is 1. The molecule has 98 valence electrons. The van der Waals surface area contributed by atoms with Crippen LogP contribution in [0.15, 0.2) is 0 Å². The number of hydrogen-bond donors (Lipinski definition) is 1. The van der Waals surface area contributed by atoms with Gasteiger partial charge in [-0.2, -0.15) is 0 Å². The molecule has 1 N–H and O–H groups in total. The van der Waals surface area contributed by atoms with E-state index in [-0.39, 0.29) is 0 Å². The average Bonchev–Trinajstić information content (AvgIpc) is 2.71. The summed E-state index contributed by atoms with van der Waals surface area (Å²) in [7, 11) is 0. The van der Waals surface area contributed by atoms with Crippen LogP contribution in [-0.2, 0) is 0 Å². The van der Waals surface area contributed by atoms with Gasteiger partial charge in [0.2, 0.25) is 0 Å². The number of likely N-dealkylation sites (tertiary alicyclic amines) is 1. The Morgan fingerprint density at radius 2 is 1.76 bits per heavy atom. The summed E-state index contributed by atoms with van der Waals surface area (Å²) in [6, 6.07) is 1.71. The Morgan fingerprint density at radius 1 is 1.00 bits per heavy atom. The fourth-order valence-electron chi connectivity index (χ4n) is 4.58. The summed E-state index contributed by atoms with van der Waals surface area (Å²) in [5, 5.41) is 3.73. The second-order valence-electron chi connectivity index (χ2n) is 6.99. The maximum absolute atomic E-state index is 3.73. The lowest BCUT2D eigenvalue weighted by Crippen LogP contribution is -2.42. The highest BCUT2D eigenvalue weighted by atomic mass is 15.2. The zero-order valence-electron chi connectivity index (χ0n) is 11.5. The summed E-state index contributed by atoms with van der Waals surface area (Å²) in [5.74, 6) is 2.84. The number of rotatable bonds is 1.